The summed E-state index contributed by atoms with van der Waals surface area (Å²) in [5.41, 5.74) is 5.64. The van der Waals surface area contributed by atoms with E-state index in [0.717, 1.165) is 5.56 Å². The fraction of sp³-hybridized carbons (Fsp3) is 0.462. The molecule has 3 nitrogen and oxygen atoms in total. The maximum absolute atomic E-state index is 12.9. The molecule has 1 aromatic carbocycles. The van der Waals surface area contributed by atoms with Gasteiger partial charge in [-0.2, -0.15) is 0 Å². The van der Waals surface area contributed by atoms with Crippen LogP contribution in [0.25, 0.3) is 0 Å². The Morgan fingerprint density at radius 2 is 2.05 bits per heavy atom. The summed E-state index contributed by atoms with van der Waals surface area (Å²) in [6.07, 6.45) is 0.343. The Labute approximate surface area is 138 Å². The molecule has 0 saturated carbocycles. The predicted molar refractivity (Wildman–Crippen MR) is 83.6 cm³/mol. The smallest absolute Gasteiger partial charge is 0.277 e. The topological polar surface area (TPSA) is 55.1 Å². The van der Waals surface area contributed by atoms with Gasteiger partial charge in [0.25, 0.3) is 5.92 Å². The van der Waals surface area contributed by atoms with Crippen molar-refractivity contribution in [2.75, 3.05) is 13.1 Å². The SMILES string of the molecule is CC(Cc1ccc(Cl)cc1Cl)C(=O)NCC(F)(F)CN.Cl. The summed E-state index contributed by atoms with van der Waals surface area (Å²) >= 11 is 11.8. The molecule has 8 heteroatoms. The maximum Gasteiger partial charge on any atom is 0.277 e. The highest BCUT2D eigenvalue weighted by atomic mass is 35.5. The van der Waals surface area contributed by atoms with E-state index < -0.39 is 30.8 Å². The number of carbonyl (C=O) groups is 1. The Kier molecular flexibility index (Phi) is 8.48. The molecule has 0 fully saturated rings. The Morgan fingerprint density at radius 1 is 1.43 bits per heavy atom. The molecule has 1 aromatic rings. The Hall–Kier alpha value is -0.620. The van der Waals surface area contributed by atoms with Crippen LogP contribution in [0.15, 0.2) is 18.2 Å². The van der Waals surface area contributed by atoms with Gasteiger partial charge in [0.05, 0.1) is 13.1 Å². The first kappa shape index (κ1) is 20.4. The average molecular weight is 362 g/mol. The Balaban J connectivity index is 0.00000400. The molecule has 0 spiro atoms. The second-order valence-electron chi connectivity index (χ2n) is 4.62. The minimum atomic E-state index is -3.09. The molecule has 1 amide bonds. The van der Waals surface area contributed by atoms with Gasteiger partial charge >= 0.3 is 0 Å². The number of alkyl halides is 2. The largest absolute Gasteiger partial charge is 0.350 e. The summed E-state index contributed by atoms with van der Waals surface area (Å²) in [5.74, 6) is -4.04. The lowest BCUT2D eigenvalue weighted by Crippen LogP contribution is -2.43. The summed E-state index contributed by atoms with van der Waals surface area (Å²) in [6.45, 7) is 0.0759. The zero-order valence-corrected chi connectivity index (χ0v) is 13.7. The third-order valence-electron chi connectivity index (χ3n) is 2.81. The molecular weight excluding hydrogens is 345 g/mol. The number of hydrogen-bond acceptors (Lipinski definition) is 2. The lowest BCUT2D eigenvalue weighted by molar-refractivity contribution is -0.126. The van der Waals surface area contributed by atoms with Crippen molar-refractivity contribution in [1.82, 2.24) is 5.32 Å². The van der Waals surface area contributed by atoms with E-state index in [1.807, 2.05) is 0 Å². The number of benzene rings is 1. The summed E-state index contributed by atoms with van der Waals surface area (Å²) in [6, 6.07) is 4.95. The first-order valence-corrected chi connectivity index (χ1v) is 6.80. The van der Waals surface area contributed by atoms with Crippen LogP contribution >= 0.6 is 35.6 Å². The van der Waals surface area contributed by atoms with Crippen LogP contribution in [0.3, 0.4) is 0 Å². The quantitative estimate of drug-likeness (QED) is 0.817. The summed E-state index contributed by atoms with van der Waals surface area (Å²) in [4.78, 5) is 11.7. The number of carbonyl (C=O) groups excluding carboxylic acids is 1. The molecule has 0 aliphatic carbocycles. The van der Waals surface area contributed by atoms with Crippen molar-refractivity contribution in [1.29, 1.82) is 0 Å². The van der Waals surface area contributed by atoms with Gasteiger partial charge in [-0.1, -0.05) is 36.2 Å². The lowest BCUT2D eigenvalue weighted by atomic mass is 10.0. The number of halogens is 5. The third kappa shape index (κ3) is 6.78. The molecule has 1 rings (SSSR count). The van der Waals surface area contributed by atoms with Gasteiger partial charge in [0, 0.05) is 16.0 Å². The van der Waals surface area contributed by atoms with Gasteiger partial charge < -0.3 is 11.1 Å². The summed E-state index contributed by atoms with van der Waals surface area (Å²) in [5, 5.41) is 3.13. The molecule has 21 heavy (non-hydrogen) atoms. The molecule has 120 valence electrons. The van der Waals surface area contributed by atoms with Crippen molar-refractivity contribution in [3.63, 3.8) is 0 Å². The van der Waals surface area contributed by atoms with Crippen molar-refractivity contribution in [2.45, 2.75) is 19.3 Å². The molecule has 0 bridgehead atoms. The molecule has 0 aromatic heterocycles. The molecular formula is C13H17Cl3F2N2O. The van der Waals surface area contributed by atoms with Gasteiger partial charge in [0.15, 0.2) is 0 Å². The van der Waals surface area contributed by atoms with E-state index >= 15 is 0 Å². The van der Waals surface area contributed by atoms with Crippen LogP contribution in [-0.2, 0) is 11.2 Å². The van der Waals surface area contributed by atoms with E-state index in [2.05, 4.69) is 5.32 Å². The summed E-state index contributed by atoms with van der Waals surface area (Å²) in [7, 11) is 0. The Bertz CT molecular complexity index is 486. The molecule has 3 N–H and O–H groups in total. The number of rotatable bonds is 6. The van der Waals surface area contributed by atoms with Gasteiger partial charge in [-0.3, -0.25) is 4.79 Å². The van der Waals surface area contributed by atoms with Gasteiger partial charge in [-0.25, -0.2) is 8.78 Å². The highest BCUT2D eigenvalue weighted by molar-refractivity contribution is 6.35. The van der Waals surface area contributed by atoms with Crippen molar-refractivity contribution in [3.8, 4) is 0 Å². The van der Waals surface area contributed by atoms with Crippen LogP contribution in [0.4, 0.5) is 8.78 Å². The number of nitrogens with one attached hydrogen (secondary N) is 1. The average Bonchev–Trinajstić information content (AvgIpc) is 2.39. The molecule has 0 aliphatic rings. The van der Waals surface area contributed by atoms with Crippen LogP contribution in [0, 0.1) is 5.92 Å². The number of hydrogen-bond donors (Lipinski definition) is 2. The number of nitrogens with two attached hydrogens (primary N) is 1. The van der Waals surface area contributed by atoms with E-state index in [9.17, 15) is 13.6 Å². The predicted octanol–water partition coefficient (Wildman–Crippen LogP) is 3.30. The van der Waals surface area contributed by atoms with Gasteiger partial charge in [0.1, 0.15) is 0 Å². The maximum atomic E-state index is 12.9. The monoisotopic (exact) mass is 360 g/mol. The summed E-state index contributed by atoms with van der Waals surface area (Å²) < 4.78 is 25.9. The highest BCUT2D eigenvalue weighted by Gasteiger charge is 2.28. The van der Waals surface area contributed by atoms with Crippen LogP contribution in [0.1, 0.15) is 12.5 Å². The minimum Gasteiger partial charge on any atom is -0.350 e. The minimum absolute atomic E-state index is 0. The first-order valence-electron chi connectivity index (χ1n) is 6.04. The fourth-order valence-corrected chi connectivity index (χ4v) is 2.06. The van der Waals surface area contributed by atoms with Gasteiger partial charge in [-0.05, 0) is 24.1 Å². The molecule has 1 atom stereocenters. The zero-order chi connectivity index (χ0) is 15.3. The van der Waals surface area contributed by atoms with E-state index in [0.29, 0.717) is 16.5 Å². The Morgan fingerprint density at radius 3 is 2.57 bits per heavy atom. The number of amides is 1. The van der Waals surface area contributed by atoms with Crippen molar-refractivity contribution in [3.05, 3.63) is 33.8 Å². The molecule has 1 unspecified atom stereocenters. The zero-order valence-electron chi connectivity index (χ0n) is 11.3. The fourth-order valence-electron chi connectivity index (χ4n) is 1.57. The first-order chi connectivity index (χ1) is 9.25. The van der Waals surface area contributed by atoms with E-state index in [1.165, 1.54) is 0 Å². The molecule has 0 heterocycles. The second-order valence-corrected chi connectivity index (χ2v) is 5.46. The van der Waals surface area contributed by atoms with Crippen molar-refractivity contribution < 1.29 is 13.6 Å². The van der Waals surface area contributed by atoms with E-state index in [1.54, 1.807) is 25.1 Å². The second kappa shape index (κ2) is 8.73. The molecule has 0 radical (unpaired) electrons. The highest BCUT2D eigenvalue weighted by Crippen LogP contribution is 2.23. The van der Waals surface area contributed by atoms with Crippen molar-refractivity contribution in [2.24, 2.45) is 11.7 Å². The molecule has 0 saturated heterocycles. The lowest BCUT2D eigenvalue weighted by Gasteiger charge is -2.17. The molecule has 0 aliphatic heterocycles. The van der Waals surface area contributed by atoms with Crippen LogP contribution in [0.2, 0.25) is 10.0 Å². The van der Waals surface area contributed by atoms with Crippen LogP contribution in [0.5, 0.6) is 0 Å². The van der Waals surface area contributed by atoms with Crippen LogP contribution in [-0.4, -0.2) is 24.9 Å². The van der Waals surface area contributed by atoms with E-state index in [4.69, 9.17) is 28.9 Å². The van der Waals surface area contributed by atoms with Crippen LogP contribution < -0.4 is 11.1 Å². The van der Waals surface area contributed by atoms with Crippen molar-refractivity contribution >= 4 is 41.5 Å². The normalized spacial score (nSPS) is 12.5. The third-order valence-corrected chi connectivity index (χ3v) is 3.40. The van der Waals surface area contributed by atoms with Gasteiger partial charge in [0.2, 0.25) is 5.91 Å². The van der Waals surface area contributed by atoms with Gasteiger partial charge in [-0.15, -0.1) is 12.4 Å². The standard InChI is InChI=1S/C13H16Cl2F2N2O.ClH/c1-8(12(20)19-7-13(16,17)6-18)4-9-2-3-10(14)5-11(9)15;/h2-3,5,8H,4,6-7,18H2,1H3,(H,19,20);1H. The van der Waals surface area contributed by atoms with E-state index in [-0.39, 0.29) is 12.4 Å².